The van der Waals surface area contributed by atoms with Crippen molar-refractivity contribution in [3.63, 3.8) is 0 Å². The van der Waals surface area contributed by atoms with Crippen molar-refractivity contribution in [2.24, 2.45) is 0 Å². The number of carboxylic acid groups (broad SMARTS) is 1. The van der Waals surface area contributed by atoms with Crippen LogP contribution in [-0.2, 0) is 11.3 Å². The summed E-state index contributed by atoms with van der Waals surface area (Å²) in [6, 6.07) is 6.18. The molecule has 1 atom stereocenters. The third-order valence-corrected chi connectivity index (χ3v) is 2.29. The first-order valence-corrected chi connectivity index (χ1v) is 5.43. The molecule has 5 heteroatoms. The standard InChI is InChI=1S/C12H16FNO3/c13-10-3-1-2-9(6-10)7-14-8-11(15)4-5-12(16)17/h1-3,6,11,14-15H,4-5,7-8H2,(H,16,17). The zero-order valence-corrected chi connectivity index (χ0v) is 9.40. The van der Waals surface area contributed by atoms with Crippen LogP contribution in [0.15, 0.2) is 24.3 Å². The number of rotatable bonds is 7. The van der Waals surface area contributed by atoms with E-state index < -0.39 is 12.1 Å². The summed E-state index contributed by atoms with van der Waals surface area (Å²) in [6.45, 7) is 0.742. The van der Waals surface area contributed by atoms with E-state index in [4.69, 9.17) is 5.11 Å². The Labute approximate surface area is 99.1 Å². The van der Waals surface area contributed by atoms with Crippen LogP contribution in [0.25, 0.3) is 0 Å². The van der Waals surface area contributed by atoms with Gasteiger partial charge in [-0.3, -0.25) is 4.79 Å². The SMILES string of the molecule is O=C(O)CCC(O)CNCc1cccc(F)c1. The fourth-order valence-electron chi connectivity index (χ4n) is 1.42. The van der Waals surface area contributed by atoms with E-state index in [1.165, 1.54) is 12.1 Å². The summed E-state index contributed by atoms with van der Waals surface area (Å²) in [6.07, 6.45) is -0.534. The van der Waals surface area contributed by atoms with Gasteiger partial charge in [-0.25, -0.2) is 4.39 Å². The van der Waals surface area contributed by atoms with Crippen LogP contribution in [0.4, 0.5) is 4.39 Å². The van der Waals surface area contributed by atoms with E-state index in [0.717, 1.165) is 5.56 Å². The largest absolute Gasteiger partial charge is 0.481 e. The molecule has 4 nitrogen and oxygen atoms in total. The molecule has 17 heavy (non-hydrogen) atoms. The zero-order chi connectivity index (χ0) is 12.7. The predicted octanol–water partition coefficient (Wildman–Crippen LogP) is 1.14. The van der Waals surface area contributed by atoms with Gasteiger partial charge in [-0.15, -0.1) is 0 Å². The quantitative estimate of drug-likeness (QED) is 0.669. The summed E-state index contributed by atoms with van der Waals surface area (Å²) in [5.74, 6) is -1.22. The van der Waals surface area contributed by atoms with Gasteiger partial charge >= 0.3 is 5.97 Å². The maximum absolute atomic E-state index is 12.8. The zero-order valence-electron chi connectivity index (χ0n) is 9.40. The fourth-order valence-corrected chi connectivity index (χ4v) is 1.42. The van der Waals surface area contributed by atoms with Crippen molar-refractivity contribution in [2.75, 3.05) is 6.54 Å². The van der Waals surface area contributed by atoms with Crippen molar-refractivity contribution in [1.29, 1.82) is 0 Å². The molecule has 1 aromatic rings. The van der Waals surface area contributed by atoms with Gasteiger partial charge in [-0.2, -0.15) is 0 Å². The third-order valence-electron chi connectivity index (χ3n) is 2.29. The number of benzene rings is 1. The number of aliphatic carboxylic acids is 1. The minimum Gasteiger partial charge on any atom is -0.481 e. The van der Waals surface area contributed by atoms with E-state index in [1.807, 2.05) is 0 Å². The lowest BCUT2D eigenvalue weighted by molar-refractivity contribution is -0.137. The monoisotopic (exact) mass is 241 g/mol. The van der Waals surface area contributed by atoms with Crippen LogP contribution < -0.4 is 5.32 Å². The predicted molar refractivity (Wildman–Crippen MR) is 61.0 cm³/mol. The molecule has 0 aliphatic rings. The summed E-state index contributed by atoms with van der Waals surface area (Å²) in [4.78, 5) is 10.3. The first kappa shape index (κ1) is 13.6. The Bertz CT molecular complexity index is 371. The smallest absolute Gasteiger partial charge is 0.303 e. The van der Waals surface area contributed by atoms with Crippen molar-refractivity contribution < 1.29 is 19.4 Å². The number of nitrogens with one attached hydrogen (secondary N) is 1. The highest BCUT2D eigenvalue weighted by molar-refractivity contribution is 5.66. The second kappa shape index (κ2) is 6.98. The van der Waals surface area contributed by atoms with Gasteiger partial charge in [0, 0.05) is 19.5 Å². The van der Waals surface area contributed by atoms with Crippen LogP contribution in [0, 0.1) is 5.82 Å². The van der Waals surface area contributed by atoms with Gasteiger partial charge in [0.15, 0.2) is 0 Å². The minimum atomic E-state index is -0.922. The van der Waals surface area contributed by atoms with E-state index >= 15 is 0 Å². The average molecular weight is 241 g/mol. The lowest BCUT2D eigenvalue weighted by Crippen LogP contribution is -2.26. The Balaban J connectivity index is 2.21. The van der Waals surface area contributed by atoms with Gasteiger partial charge in [0.05, 0.1) is 6.10 Å². The molecule has 0 aromatic heterocycles. The Kier molecular flexibility index (Phi) is 5.59. The Morgan fingerprint density at radius 2 is 2.24 bits per heavy atom. The fraction of sp³-hybridized carbons (Fsp3) is 0.417. The molecule has 0 aliphatic heterocycles. The highest BCUT2D eigenvalue weighted by atomic mass is 19.1. The summed E-state index contributed by atoms with van der Waals surface area (Å²) in [5.41, 5.74) is 0.787. The molecule has 0 radical (unpaired) electrons. The summed E-state index contributed by atoms with van der Waals surface area (Å²) >= 11 is 0. The maximum Gasteiger partial charge on any atom is 0.303 e. The summed E-state index contributed by atoms with van der Waals surface area (Å²) in [5, 5.41) is 20.8. The molecule has 0 saturated carbocycles. The van der Waals surface area contributed by atoms with Crippen LogP contribution in [0.3, 0.4) is 0 Å². The van der Waals surface area contributed by atoms with E-state index in [2.05, 4.69) is 5.32 Å². The molecular weight excluding hydrogens is 225 g/mol. The number of aliphatic hydroxyl groups is 1. The van der Waals surface area contributed by atoms with Gasteiger partial charge < -0.3 is 15.5 Å². The van der Waals surface area contributed by atoms with Crippen molar-refractivity contribution in [3.05, 3.63) is 35.6 Å². The van der Waals surface area contributed by atoms with Crippen molar-refractivity contribution in [1.82, 2.24) is 5.32 Å². The molecule has 0 spiro atoms. The maximum atomic E-state index is 12.8. The number of aliphatic hydroxyl groups excluding tert-OH is 1. The van der Waals surface area contributed by atoms with Crippen LogP contribution in [0.2, 0.25) is 0 Å². The van der Waals surface area contributed by atoms with E-state index in [-0.39, 0.29) is 18.7 Å². The number of carboxylic acids is 1. The topological polar surface area (TPSA) is 69.6 Å². The van der Waals surface area contributed by atoms with E-state index in [0.29, 0.717) is 13.1 Å². The molecule has 0 fully saturated rings. The molecule has 1 aromatic carbocycles. The normalized spacial score (nSPS) is 12.4. The van der Waals surface area contributed by atoms with E-state index in [9.17, 15) is 14.3 Å². The molecule has 3 N–H and O–H groups in total. The first-order valence-electron chi connectivity index (χ1n) is 5.43. The highest BCUT2D eigenvalue weighted by Gasteiger charge is 2.06. The molecule has 0 heterocycles. The molecule has 94 valence electrons. The lowest BCUT2D eigenvalue weighted by Gasteiger charge is -2.10. The molecule has 0 amide bonds. The number of hydrogen-bond donors (Lipinski definition) is 3. The average Bonchev–Trinajstić information content (AvgIpc) is 2.26. The second-order valence-electron chi connectivity index (χ2n) is 3.85. The molecule has 1 unspecified atom stereocenters. The molecule has 0 bridgehead atoms. The van der Waals surface area contributed by atoms with E-state index in [1.54, 1.807) is 12.1 Å². The van der Waals surface area contributed by atoms with Crippen LogP contribution in [0.1, 0.15) is 18.4 Å². The van der Waals surface area contributed by atoms with Crippen LogP contribution in [-0.4, -0.2) is 28.8 Å². The van der Waals surface area contributed by atoms with Crippen LogP contribution in [0.5, 0.6) is 0 Å². The van der Waals surface area contributed by atoms with Gasteiger partial charge in [0.1, 0.15) is 5.82 Å². The Morgan fingerprint density at radius 1 is 1.47 bits per heavy atom. The molecular formula is C12H16FNO3. The van der Waals surface area contributed by atoms with Crippen molar-refractivity contribution >= 4 is 5.97 Å². The highest BCUT2D eigenvalue weighted by Crippen LogP contribution is 2.03. The minimum absolute atomic E-state index is 0.0528. The lowest BCUT2D eigenvalue weighted by atomic mass is 10.2. The number of halogens is 1. The summed E-state index contributed by atoms with van der Waals surface area (Å²) in [7, 11) is 0. The first-order chi connectivity index (χ1) is 8.08. The Morgan fingerprint density at radius 3 is 2.88 bits per heavy atom. The van der Waals surface area contributed by atoms with Crippen molar-refractivity contribution in [2.45, 2.75) is 25.5 Å². The molecule has 0 aliphatic carbocycles. The van der Waals surface area contributed by atoms with Gasteiger partial charge in [0.25, 0.3) is 0 Å². The van der Waals surface area contributed by atoms with Gasteiger partial charge in [-0.05, 0) is 24.1 Å². The molecule has 1 rings (SSSR count). The number of hydrogen-bond acceptors (Lipinski definition) is 3. The third kappa shape index (κ3) is 5.99. The number of carbonyl (C=O) groups is 1. The van der Waals surface area contributed by atoms with Gasteiger partial charge in [0.2, 0.25) is 0 Å². The van der Waals surface area contributed by atoms with Gasteiger partial charge in [-0.1, -0.05) is 12.1 Å². The second-order valence-corrected chi connectivity index (χ2v) is 3.85. The van der Waals surface area contributed by atoms with Crippen LogP contribution >= 0.6 is 0 Å². The van der Waals surface area contributed by atoms with Crippen molar-refractivity contribution in [3.8, 4) is 0 Å². The summed E-state index contributed by atoms with van der Waals surface area (Å²) < 4.78 is 12.8. The molecule has 0 saturated heterocycles. The Hall–Kier alpha value is -1.46.